The Morgan fingerprint density at radius 3 is 2.20 bits per heavy atom. The van der Waals surface area contributed by atoms with Gasteiger partial charge >= 0.3 is 0 Å². The van der Waals surface area contributed by atoms with Crippen molar-refractivity contribution in [3.63, 3.8) is 0 Å². The second kappa shape index (κ2) is 11.6. The van der Waals surface area contributed by atoms with Crippen molar-refractivity contribution in [2.24, 2.45) is 5.41 Å². The first-order chi connectivity index (χ1) is 18.8. The highest BCUT2D eigenvalue weighted by atomic mass is 32.2. The summed E-state index contributed by atoms with van der Waals surface area (Å²) in [5.41, 5.74) is 8.97. The molecular weight excluding hydrogens is 544 g/mol. The molecule has 0 saturated carbocycles. The van der Waals surface area contributed by atoms with Crippen molar-refractivity contribution in [1.82, 2.24) is 16.3 Å². The summed E-state index contributed by atoms with van der Waals surface area (Å²) in [6, 6.07) is 8.62. The highest BCUT2D eigenvalue weighted by molar-refractivity contribution is 7.92. The maximum absolute atomic E-state index is 13.5. The number of hydrogen-bond acceptors (Lipinski definition) is 8. The minimum absolute atomic E-state index is 0.0533. The van der Waals surface area contributed by atoms with Crippen LogP contribution in [-0.4, -0.2) is 39.6 Å². The van der Waals surface area contributed by atoms with Crippen LogP contribution in [-0.2, 0) is 20.2 Å². The minimum atomic E-state index is -3.61. The molecule has 2 aromatic carbocycles. The molecule has 0 spiro atoms. The van der Waals surface area contributed by atoms with Gasteiger partial charge in [-0.15, -0.1) is 5.53 Å². The second-order valence-electron chi connectivity index (χ2n) is 12.4. The first-order valence-corrected chi connectivity index (χ1v) is 15.1. The Morgan fingerprint density at radius 1 is 1.00 bits per heavy atom. The van der Waals surface area contributed by atoms with Crippen molar-refractivity contribution in [3.8, 4) is 5.75 Å². The molecule has 1 aliphatic rings. The van der Waals surface area contributed by atoms with Crippen LogP contribution in [0.3, 0.4) is 0 Å². The quantitative estimate of drug-likeness (QED) is 0.311. The number of carbonyl (C=O) groups excluding carboxylic acids is 2. The average Bonchev–Trinajstić information content (AvgIpc) is 3.32. The molecule has 12 heteroatoms. The number of rotatable bonds is 8. The Bertz CT molecular complexity index is 1470. The van der Waals surface area contributed by atoms with Gasteiger partial charge in [-0.3, -0.25) is 24.7 Å². The Morgan fingerprint density at radius 2 is 1.63 bits per heavy atom. The molecule has 1 aliphatic heterocycles. The van der Waals surface area contributed by atoms with Gasteiger partial charge in [0.05, 0.1) is 36.6 Å². The van der Waals surface area contributed by atoms with Crippen LogP contribution in [0.1, 0.15) is 70.0 Å². The Balaban J connectivity index is 1.92. The van der Waals surface area contributed by atoms with Gasteiger partial charge in [-0.1, -0.05) is 47.6 Å². The number of benzene rings is 2. The van der Waals surface area contributed by atoms with E-state index in [0.717, 1.165) is 17.4 Å². The van der Waals surface area contributed by atoms with Gasteiger partial charge < -0.3 is 15.4 Å². The number of amides is 2. The van der Waals surface area contributed by atoms with E-state index in [9.17, 15) is 18.0 Å². The molecule has 0 fully saturated rings. The molecular formula is C29H42N6O5S. The van der Waals surface area contributed by atoms with E-state index in [2.05, 4.69) is 47.1 Å². The third kappa shape index (κ3) is 7.92. The van der Waals surface area contributed by atoms with E-state index in [1.165, 1.54) is 7.11 Å². The zero-order valence-corrected chi connectivity index (χ0v) is 26.3. The summed E-state index contributed by atoms with van der Waals surface area (Å²) < 4.78 is 32.1. The fourth-order valence-electron chi connectivity index (χ4n) is 3.90. The van der Waals surface area contributed by atoms with Crippen molar-refractivity contribution in [3.05, 3.63) is 58.9 Å². The van der Waals surface area contributed by atoms with Crippen molar-refractivity contribution >= 4 is 38.9 Å². The summed E-state index contributed by atoms with van der Waals surface area (Å²) in [7, 11) is -2.20. The largest absolute Gasteiger partial charge is 0.492 e. The van der Waals surface area contributed by atoms with Crippen LogP contribution in [0.5, 0.6) is 5.75 Å². The molecule has 2 amide bonds. The summed E-state index contributed by atoms with van der Waals surface area (Å²) in [6.07, 6.45) is 2.69. The molecule has 0 aromatic heterocycles. The number of hydrazine groups is 2. The number of hydrogen-bond donors (Lipinski definition) is 5. The number of ether oxygens (including phenoxy) is 1. The topological polar surface area (TPSA) is 141 Å². The normalized spacial score (nSPS) is 14.6. The summed E-state index contributed by atoms with van der Waals surface area (Å²) in [5, 5.41) is 7.51. The molecule has 2 aromatic rings. The van der Waals surface area contributed by atoms with Crippen LogP contribution in [0.25, 0.3) is 0 Å². The second-order valence-corrected chi connectivity index (χ2v) is 14.1. The Hall–Kier alpha value is -3.77. The lowest BCUT2D eigenvalue weighted by Gasteiger charge is -2.28. The highest BCUT2D eigenvalue weighted by Crippen LogP contribution is 2.39. The van der Waals surface area contributed by atoms with E-state index in [0.29, 0.717) is 22.6 Å². The first kappa shape index (κ1) is 31.8. The van der Waals surface area contributed by atoms with Gasteiger partial charge in [-0.2, -0.15) is 0 Å². The molecule has 0 bridgehead atoms. The van der Waals surface area contributed by atoms with E-state index in [4.69, 9.17) is 4.74 Å². The molecule has 1 atom stereocenters. The number of methoxy groups -OCH3 is 1. The fourth-order valence-corrected chi connectivity index (χ4v) is 4.46. The lowest BCUT2D eigenvalue weighted by Crippen LogP contribution is -2.45. The predicted molar refractivity (Wildman–Crippen MR) is 163 cm³/mol. The molecule has 0 radical (unpaired) electrons. The maximum atomic E-state index is 13.5. The monoisotopic (exact) mass is 586 g/mol. The smallest absolute Gasteiger partial charge is 0.270 e. The van der Waals surface area contributed by atoms with Gasteiger partial charge in [0, 0.05) is 11.6 Å². The van der Waals surface area contributed by atoms with Crippen LogP contribution in [0.2, 0.25) is 0 Å². The number of sulfonamides is 1. The molecule has 11 nitrogen and oxygen atoms in total. The van der Waals surface area contributed by atoms with Crippen LogP contribution in [0, 0.1) is 12.3 Å². The number of nitrogens with zero attached hydrogens (tertiary/aromatic N) is 1. The highest BCUT2D eigenvalue weighted by Gasteiger charge is 2.27. The molecule has 224 valence electrons. The van der Waals surface area contributed by atoms with Crippen molar-refractivity contribution in [2.75, 3.05) is 28.4 Å². The number of carbonyl (C=O) groups is 2. The first-order valence-electron chi connectivity index (χ1n) is 13.3. The fraction of sp³-hybridized carbons (Fsp3) is 0.448. The van der Waals surface area contributed by atoms with E-state index in [1.54, 1.807) is 41.5 Å². The third-order valence-electron chi connectivity index (χ3n) is 6.89. The van der Waals surface area contributed by atoms with Gasteiger partial charge in [-0.05, 0) is 60.1 Å². The SMILES string of the molecule is COc1c(NC(=O)c2ccc(C)c(N3C=C(C(=O)N[C@@H](C)C(C)(C)C)NN3)c2)cc(C(C)(C)C)cc1NS(C)(=O)=O. The van der Waals surface area contributed by atoms with Gasteiger partial charge in [0.2, 0.25) is 10.0 Å². The number of aryl methyl sites for hydroxylation is 1. The van der Waals surface area contributed by atoms with E-state index < -0.39 is 15.9 Å². The van der Waals surface area contributed by atoms with E-state index in [1.807, 2.05) is 34.6 Å². The van der Waals surface area contributed by atoms with Crippen LogP contribution in [0.4, 0.5) is 17.1 Å². The summed E-state index contributed by atoms with van der Waals surface area (Å²) >= 11 is 0. The molecule has 0 saturated heterocycles. The Kier molecular flexibility index (Phi) is 8.99. The van der Waals surface area contributed by atoms with Gasteiger partial charge in [0.1, 0.15) is 5.70 Å². The standard InChI is InChI=1S/C29H42N6O5S/c1-17-11-12-19(13-24(17)35-16-23(32-34-35)27(37)30-18(2)28(3,4)5)26(36)31-21-14-20(29(6,7)8)15-22(25(21)40-9)33-41(10,38)39/h11-16,18,32-34H,1-10H3,(H,30,37)(H,31,36)/t18-/m0/s1. The van der Waals surface area contributed by atoms with E-state index >= 15 is 0 Å². The summed E-state index contributed by atoms with van der Waals surface area (Å²) in [5.74, 6) is -0.482. The predicted octanol–water partition coefficient (Wildman–Crippen LogP) is 4.15. The lowest BCUT2D eigenvalue weighted by molar-refractivity contribution is -0.119. The third-order valence-corrected chi connectivity index (χ3v) is 7.48. The molecule has 1 heterocycles. The van der Waals surface area contributed by atoms with Gasteiger partial charge in [-0.25, -0.2) is 8.42 Å². The van der Waals surface area contributed by atoms with Crippen LogP contribution in [0.15, 0.2) is 42.2 Å². The molecule has 3 rings (SSSR count). The summed E-state index contributed by atoms with van der Waals surface area (Å²) in [4.78, 5) is 26.3. The van der Waals surface area contributed by atoms with E-state index in [-0.39, 0.29) is 34.2 Å². The van der Waals surface area contributed by atoms with Crippen molar-refractivity contribution < 1.29 is 22.7 Å². The zero-order chi connectivity index (χ0) is 30.9. The number of nitrogens with one attached hydrogen (secondary N) is 5. The van der Waals surface area contributed by atoms with Gasteiger partial charge in [0.15, 0.2) is 5.75 Å². The molecule has 5 N–H and O–H groups in total. The minimum Gasteiger partial charge on any atom is -0.492 e. The summed E-state index contributed by atoms with van der Waals surface area (Å²) in [6.45, 7) is 16.0. The number of anilines is 3. The van der Waals surface area contributed by atoms with Crippen molar-refractivity contribution in [2.45, 2.75) is 66.8 Å². The molecule has 0 aliphatic carbocycles. The van der Waals surface area contributed by atoms with Gasteiger partial charge in [0.25, 0.3) is 11.8 Å². The molecule has 41 heavy (non-hydrogen) atoms. The lowest BCUT2D eigenvalue weighted by atomic mass is 9.86. The Labute approximate surface area is 243 Å². The maximum Gasteiger partial charge on any atom is 0.270 e. The van der Waals surface area contributed by atoms with Crippen LogP contribution < -0.4 is 36.1 Å². The van der Waals surface area contributed by atoms with Crippen molar-refractivity contribution in [1.29, 1.82) is 0 Å². The zero-order valence-electron chi connectivity index (χ0n) is 25.4. The average molecular weight is 587 g/mol. The van der Waals surface area contributed by atoms with Crippen LogP contribution >= 0.6 is 0 Å². The molecule has 0 unspecified atom stereocenters.